The van der Waals surface area contributed by atoms with Crippen LogP contribution in [0.4, 0.5) is 19.1 Å². The molecule has 1 fully saturated rings. The Bertz CT molecular complexity index is 632. The lowest BCUT2D eigenvalue weighted by Crippen LogP contribution is -2.21. The maximum absolute atomic E-state index is 13.3. The van der Waals surface area contributed by atoms with Crippen molar-refractivity contribution >= 4 is 5.95 Å². The van der Waals surface area contributed by atoms with Gasteiger partial charge in [0, 0.05) is 18.4 Å². The molecule has 0 radical (unpaired) electrons. The Balaban J connectivity index is 0.000000229. The lowest BCUT2D eigenvalue weighted by molar-refractivity contribution is -0.00535. The van der Waals surface area contributed by atoms with Gasteiger partial charge in [0.15, 0.2) is 5.82 Å². The molecule has 1 aliphatic rings. The molecule has 7 nitrogen and oxygen atoms in total. The van der Waals surface area contributed by atoms with Crippen LogP contribution >= 0.6 is 0 Å². The number of nitrogens with two attached hydrogens (primary N) is 1. The van der Waals surface area contributed by atoms with Crippen LogP contribution in [0.3, 0.4) is 0 Å². The van der Waals surface area contributed by atoms with E-state index in [9.17, 15) is 13.2 Å². The monoisotopic (exact) mass is 331 g/mol. The molecule has 1 aliphatic heterocycles. The van der Waals surface area contributed by atoms with Crippen LogP contribution in [0.2, 0.25) is 0 Å². The number of nitrogen functional groups attached to an aromatic ring is 1. The summed E-state index contributed by atoms with van der Waals surface area (Å²) in [5.74, 6) is -0.885. The Morgan fingerprint density at radius 2 is 2.17 bits per heavy atom. The van der Waals surface area contributed by atoms with Gasteiger partial charge in [-0.3, -0.25) is 0 Å². The number of aliphatic hydroxyl groups is 1. The van der Waals surface area contributed by atoms with Crippen molar-refractivity contribution in [2.24, 2.45) is 0 Å². The summed E-state index contributed by atoms with van der Waals surface area (Å²) in [6.07, 6.45) is 4.68. The molecule has 0 amide bonds. The third kappa shape index (κ3) is 4.89. The molecule has 3 heterocycles. The van der Waals surface area contributed by atoms with E-state index < -0.39 is 12.4 Å². The van der Waals surface area contributed by atoms with E-state index in [1.807, 2.05) is 0 Å². The summed E-state index contributed by atoms with van der Waals surface area (Å²) in [5, 5.41) is 12.1. The largest absolute Gasteiger partial charge is 0.391 e. The number of aromatic nitrogens is 4. The van der Waals surface area contributed by atoms with Gasteiger partial charge in [-0.15, -0.1) is 0 Å². The lowest BCUT2D eigenvalue weighted by Gasteiger charge is -2.15. The molecule has 126 valence electrons. The van der Waals surface area contributed by atoms with Crippen LogP contribution in [0.5, 0.6) is 0 Å². The second-order valence-corrected chi connectivity index (χ2v) is 4.78. The van der Waals surface area contributed by atoms with Gasteiger partial charge in [-0.05, 0) is 12.8 Å². The molecule has 23 heavy (non-hydrogen) atoms. The van der Waals surface area contributed by atoms with Gasteiger partial charge in [-0.25, -0.2) is 19.0 Å². The number of anilines is 1. The summed E-state index contributed by atoms with van der Waals surface area (Å²) in [4.78, 5) is 7.03. The Labute approximate surface area is 129 Å². The van der Waals surface area contributed by atoms with Crippen LogP contribution in [-0.2, 0) is 4.74 Å². The second kappa shape index (κ2) is 7.88. The fourth-order valence-electron chi connectivity index (χ4n) is 1.87. The van der Waals surface area contributed by atoms with E-state index in [1.165, 1.54) is 0 Å². The summed E-state index contributed by atoms with van der Waals surface area (Å²) in [5.41, 5.74) is 5.23. The van der Waals surface area contributed by atoms with Crippen molar-refractivity contribution in [3.8, 4) is 11.3 Å². The van der Waals surface area contributed by atoms with Crippen molar-refractivity contribution in [2.45, 2.75) is 25.5 Å². The molecule has 0 aromatic carbocycles. The zero-order chi connectivity index (χ0) is 16.8. The molecule has 0 saturated carbocycles. The molecule has 0 spiro atoms. The topological polar surface area (TPSA) is 99.1 Å². The number of rotatable bonds is 2. The van der Waals surface area contributed by atoms with Crippen molar-refractivity contribution < 1.29 is 23.0 Å². The quantitative estimate of drug-likeness (QED) is 0.867. The number of hydrogen-bond acceptors (Lipinski definition) is 6. The number of aliphatic hydroxyl groups excluding tert-OH is 1. The Hall–Kier alpha value is -2.20. The first kappa shape index (κ1) is 17.2. The van der Waals surface area contributed by atoms with Crippen LogP contribution < -0.4 is 5.73 Å². The van der Waals surface area contributed by atoms with Crippen LogP contribution in [0.1, 0.15) is 19.4 Å². The molecule has 3 N–H and O–H groups in total. The summed E-state index contributed by atoms with van der Waals surface area (Å²) in [7, 11) is 0. The first-order valence-corrected chi connectivity index (χ1v) is 6.84. The zero-order valence-corrected chi connectivity index (χ0v) is 12.1. The highest BCUT2D eigenvalue weighted by molar-refractivity contribution is 5.58. The molecule has 1 atom stereocenters. The van der Waals surface area contributed by atoms with Crippen LogP contribution in [-0.4, -0.2) is 44.2 Å². The highest BCUT2D eigenvalue weighted by atomic mass is 19.3. The van der Waals surface area contributed by atoms with E-state index in [2.05, 4.69) is 15.1 Å². The minimum absolute atomic E-state index is 0.118. The normalized spacial score (nSPS) is 17.7. The molecule has 10 heteroatoms. The molecule has 0 unspecified atom stereocenters. The van der Waals surface area contributed by atoms with Gasteiger partial charge < -0.3 is 15.6 Å². The van der Waals surface area contributed by atoms with Crippen molar-refractivity contribution in [1.82, 2.24) is 19.7 Å². The van der Waals surface area contributed by atoms with Gasteiger partial charge in [0.25, 0.3) is 0 Å². The van der Waals surface area contributed by atoms with E-state index >= 15 is 0 Å². The summed E-state index contributed by atoms with van der Waals surface area (Å²) < 4.78 is 43.0. The van der Waals surface area contributed by atoms with Gasteiger partial charge in [-0.2, -0.15) is 13.9 Å². The summed E-state index contributed by atoms with van der Waals surface area (Å²) >= 11 is 0. The molecule has 2 aromatic rings. The molecular weight excluding hydrogens is 315 g/mol. The van der Waals surface area contributed by atoms with E-state index in [1.54, 1.807) is 0 Å². The standard InChI is InChI=1S/C8H6F3N5.C5H10O2/c9-5-2-13-8(12)15-6(5)4-1-14-16(3-4)7(10)11;6-5-2-1-3-7-4-5/h1-3,7H,(H2,12,13,15);5-6H,1-4H2/t;5-/m.0/s1. The van der Waals surface area contributed by atoms with Gasteiger partial charge in [0.1, 0.15) is 5.69 Å². The fourth-order valence-corrected chi connectivity index (χ4v) is 1.87. The minimum Gasteiger partial charge on any atom is -0.391 e. The summed E-state index contributed by atoms with van der Waals surface area (Å²) in [6.45, 7) is -1.41. The molecule has 0 aliphatic carbocycles. The average Bonchev–Trinajstić information content (AvgIpc) is 3.01. The number of halogens is 3. The Morgan fingerprint density at radius 3 is 2.70 bits per heavy atom. The maximum atomic E-state index is 13.3. The predicted molar refractivity (Wildman–Crippen MR) is 74.9 cm³/mol. The van der Waals surface area contributed by atoms with Crippen molar-refractivity contribution in [3.63, 3.8) is 0 Å². The fraction of sp³-hybridized carbons (Fsp3) is 0.462. The first-order chi connectivity index (χ1) is 11.0. The lowest BCUT2D eigenvalue weighted by atomic mass is 10.2. The van der Waals surface area contributed by atoms with Crippen LogP contribution in [0, 0.1) is 5.82 Å². The molecule has 0 bridgehead atoms. The van der Waals surface area contributed by atoms with Gasteiger partial charge in [-0.1, -0.05) is 0 Å². The van der Waals surface area contributed by atoms with Crippen molar-refractivity contribution in [2.75, 3.05) is 18.9 Å². The minimum atomic E-state index is -2.78. The van der Waals surface area contributed by atoms with E-state index in [0.717, 1.165) is 38.0 Å². The highest BCUT2D eigenvalue weighted by Gasteiger charge is 2.13. The number of hydrogen-bond donors (Lipinski definition) is 2. The molecular formula is C13H16F3N5O2. The third-order valence-electron chi connectivity index (χ3n) is 2.97. The van der Waals surface area contributed by atoms with Gasteiger partial charge in [0.05, 0.1) is 25.1 Å². The Morgan fingerprint density at radius 1 is 1.39 bits per heavy atom. The van der Waals surface area contributed by atoms with Crippen LogP contribution in [0.15, 0.2) is 18.6 Å². The second-order valence-electron chi connectivity index (χ2n) is 4.78. The summed E-state index contributed by atoms with van der Waals surface area (Å²) in [6, 6.07) is 0. The van der Waals surface area contributed by atoms with Crippen molar-refractivity contribution in [3.05, 3.63) is 24.4 Å². The third-order valence-corrected chi connectivity index (χ3v) is 2.97. The number of ether oxygens (including phenoxy) is 1. The zero-order valence-electron chi connectivity index (χ0n) is 12.1. The number of nitrogens with zero attached hydrogens (tertiary/aromatic N) is 4. The SMILES string of the molecule is Nc1ncc(F)c(-c2cnn(C(F)F)c2)n1.O[C@H]1CCCOC1. The Kier molecular flexibility index (Phi) is 5.88. The van der Waals surface area contributed by atoms with Crippen molar-refractivity contribution in [1.29, 1.82) is 0 Å². The van der Waals surface area contributed by atoms with E-state index in [0.29, 0.717) is 11.3 Å². The van der Waals surface area contributed by atoms with Crippen LogP contribution in [0.25, 0.3) is 11.3 Å². The predicted octanol–water partition coefficient (Wildman–Crippen LogP) is 1.61. The van der Waals surface area contributed by atoms with E-state index in [-0.39, 0.29) is 23.3 Å². The number of alkyl halides is 2. The smallest absolute Gasteiger partial charge is 0.333 e. The average molecular weight is 331 g/mol. The van der Waals surface area contributed by atoms with Gasteiger partial charge >= 0.3 is 6.55 Å². The highest BCUT2D eigenvalue weighted by Crippen LogP contribution is 2.21. The maximum Gasteiger partial charge on any atom is 0.333 e. The van der Waals surface area contributed by atoms with E-state index in [4.69, 9.17) is 15.6 Å². The molecule has 3 rings (SSSR count). The molecule has 2 aromatic heterocycles. The van der Waals surface area contributed by atoms with Gasteiger partial charge in [0.2, 0.25) is 5.95 Å². The molecule has 1 saturated heterocycles. The first-order valence-electron chi connectivity index (χ1n) is 6.84.